The van der Waals surface area contributed by atoms with E-state index in [9.17, 15) is 4.79 Å². The maximum Gasteiger partial charge on any atom is 0.275 e. The third-order valence-electron chi connectivity index (χ3n) is 3.38. The first kappa shape index (κ1) is 13.1. The number of anilines is 1. The van der Waals surface area contributed by atoms with Crippen molar-refractivity contribution in [2.45, 2.75) is 31.8 Å². The summed E-state index contributed by atoms with van der Waals surface area (Å²) in [6, 6.07) is 7.51. The molecule has 1 aliphatic carbocycles. The fraction of sp³-hybridized carbons (Fsp3) is 0.333. The largest absolute Gasteiger partial charge is 0.490 e. The minimum atomic E-state index is -0.185. The lowest BCUT2D eigenvalue weighted by molar-refractivity contribution is 0.102. The zero-order valence-corrected chi connectivity index (χ0v) is 11.9. The lowest BCUT2D eigenvalue weighted by atomic mass is 10.2. The molecule has 5 heteroatoms. The molecule has 1 heterocycles. The molecule has 3 rings (SSSR count). The number of nitrogens with zero attached hydrogens (tertiary/aromatic N) is 1. The molecular weight excluding hydrogens is 272 g/mol. The summed E-state index contributed by atoms with van der Waals surface area (Å²) in [6.07, 6.45) is 5.15. The van der Waals surface area contributed by atoms with Crippen LogP contribution < -0.4 is 10.1 Å². The molecule has 2 aromatic rings. The molecule has 1 aromatic heterocycles. The van der Waals surface area contributed by atoms with Gasteiger partial charge in [0.1, 0.15) is 11.4 Å². The third kappa shape index (κ3) is 3.17. The number of hydrogen-bond acceptors (Lipinski definition) is 4. The quantitative estimate of drug-likeness (QED) is 0.933. The van der Waals surface area contributed by atoms with Gasteiger partial charge in [0.25, 0.3) is 5.91 Å². The number of carbonyl (C=O) groups excluding carboxylic acids is 1. The van der Waals surface area contributed by atoms with Gasteiger partial charge in [0, 0.05) is 11.1 Å². The fourth-order valence-corrected chi connectivity index (χ4v) is 2.87. The van der Waals surface area contributed by atoms with Crippen LogP contribution in [0, 0.1) is 0 Å². The number of carbonyl (C=O) groups is 1. The summed E-state index contributed by atoms with van der Waals surface area (Å²) in [5.41, 5.74) is 2.84. The van der Waals surface area contributed by atoms with Crippen LogP contribution in [0.25, 0.3) is 0 Å². The normalized spacial score (nSPS) is 15.2. The van der Waals surface area contributed by atoms with Crippen molar-refractivity contribution in [2.75, 3.05) is 5.32 Å². The predicted octanol–water partition coefficient (Wildman–Crippen LogP) is 3.72. The van der Waals surface area contributed by atoms with Crippen LogP contribution in [0.5, 0.6) is 5.75 Å². The van der Waals surface area contributed by atoms with Gasteiger partial charge in [-0.25, -0.2) is 4.98 Å². The Hall–Kier alpha value is -1.88. The standard InChI is InChI=1S/C15H16N2O2S/c18-15(14-9-20-10-16-14)17-11-5-7-13(8-6-11)19-12-3-1-2-4-12/h5-10,12H,1-4H2,(H,17,18). The summed E-state index contributed by atoms with van der Waals surface area (Å²) in [7, 11) is 0. The Morgan fingerprint density at radius 2 is 2.00 bits per heavy atom. The Bertz CT molecular complexity index is 560. The van der Waals surface area contributed by atoms with Crippen LogP contribution in [-0.2, 0) is 0 Å². The molecule has 1 aliphatic rings. The molecule has 1 fully saturated rings. The molecule has 1 amide bonds. The van der Waals surface area contributed by atoms with Crippen molar-refractivity contribution in [2.24, 2.45) is 0 Å². The number of nitrogens with one attached hydrogen (secondary N) is 1. The van der Waals surface area contributed by atoms with Crippen LogP contribution in [0.3, 0.4) is 0 Å². The smallest absolute Gasteiger partial charge is 0.275 e. The van der Waals surface area contributed by atoms with Crippen molar-refractivity contribution in [1.82, 2.24) is 4.98 Å². The van der Waals surface area contributed by atoms with E-state index in [1.807, 2.05) is 24.3 Å². The highest BCUT2D eigenvalue weighted by Crippen LogP contribution is 2.25. The Balaban J connectivity index is 1.59. The summed E-state index contributed by atoms with van der Waals surface area (Å²) >= 11 is 1.41. The number of amides is 1. The second-order valence-electron chi connectivity index (χ2n) is 4.88. The fourth-order valence-electron chi connectivity index (χ4n) is 2.34. The molecule has 0 aliphatic heterocycles. The molecule has 1 saturated carbocycles. The summed E-state index contributed by atoms with van der Waals surface area (Å²) in [4.78, 5) is 15.8. The molecule has 4 nitrogen and oxygen atoms in total. The van der Waals surface area contributed by atoms with E-state index < -0.39 is 0 Å². The Morgan fingerprint density at radius 3 is 2.65 bits per heavy atom. The molecule has 0 atom stereocenters. The van der Waals surface area contributed by atoms with E-state index in [1.54, 1.807) is 10.9 Å². The van der Waals surface area contributed by atoms with Crippen LogP contribution in [0.4, 0.5) is 5.69 Å². The topological polar surface area (TPSA) is 51.2 Å². The first-order valence-electron chi connectivity index (χ1n) is 6.77. The van der Waals surface area contributed by atoms with Gasteiger partial charge in [-0.15, -0.1) is 11.3 Å². The van der Waals surface area contributed by atoms with Crippen molar-refractivity contribution in [3.05, 3.63) is 40.8 Å². The molecule has 104 valence electrons. The van der Waals surface area contributed by atoms with Crippen LogP contribution in [0.1, 0.15) is 36.2 Å². The highest BCUT2D eigenvalue weighted by molar-refractivity contribution is 7.07. The number of benzene rings is 1. The van der Waals surface area contributed by atoms with E-state index in [0.29, 0.717) is 11.8 Å². The van der Waals surface area contributed by atoms with Crippen LogP contribution in [-0.4, -0.2) is 17.0 Å². The van der Waals surface area contributed by atoms with Crippen LogP contribution in [0.15, 0.2) is 35.2 Å². The van der Waals surface area contributed by atoms with E-state index in [-0.39, 0.29) is 5.91 Å². The summed E-state index contributed by atoms with van der Waals surface area (Å²) < 4.78 is 5.88. The maximum absolute atomic E-state index is 11.8. The van der Waals surface area contributed by atoms with E-state index in [2.05, 4.69) is 10.3 Å². The predicted molar refractivity (Wildman–Crippen MR) is 79.4 cm³/mol. The van der Waals surface area contributed by atoms with Gasteiger partial charge in [-0.1, -0.05) is 0 Å². The van der Waals surface area contributed by atoms with Crippen molar-refractivity contribution in [1.29, 1.82) is 0 Å². The van der Waals surface area contributed by atoms with Crippen molar-refractivity contribution in [3.8, 4) is 5.75 Å². The Labute approximate surface area is 121 Å². The average Bonchev–Trinajstić information content (AvgIpc) is 3.13. The van der Waals surface area contributed by atoms with Gasteiger partial charge in [-0.05, 0) is 49.9 Å². The van der Waals surface area contributed by atoms with E-state index in [1.165, 1.54) is 24.2 Å². The van der Waals surface area contributed by atoms with Crippen molar-refractivity contribution < 1.29 is 9.53 Å². The third-order valence-corrected chi connectivity index (χ3v) is 3.97. The van der Waals surface area contributed by atoms with Gasteiger partial charge in [-0.3, -0.25) is 4.79 Å². The molecule has 0 bridgehead atoms. The summed E-state index contributed by atoms with van der Waals surface area (Å²) in [5, 5.41) is 4.54. The first-order chi connectivity index (χ1) is 9.81. The molecule has 20 heavy (non-hydrogen) atoms. The SMILES string of the molecule is O=C(Nc1ccc(OC2CCCC2)cc1)c1cscn1. The van der Waals surface area contributed by atoms with Gasteiger partial charge in [0.05, 0.1) is 11.6 Å². The number of ether oxygens (including phenoxy) is 1. The summed E-state index contributed by atoms with van der Waals surface area (Å²) in [5.74, 6) is 0.680. The number of rotatable bonds is 4. The van der Waals surface area contributed by atoms with E-state index in [0.717, 1.165) is 24.3 Å². The molecular formula is C15H16N2O2S. The van der Waals surface area contributed by atoms with Gasteiger partial charge in [-0.2, -0.15) is 0 Å². The molecule has 0 spiro atoms. The van der Waals surface area contributed by atoms with Crippen molar-refractivity contribution >= 4 is 22.9 Å². The Morgan fingerprint density at radius 1 is 1.25 bits per heavy atom. The highest BCUT2D eigenvalue weighted by Gasteiger charge is 2.16. The highest BCUT2D eigenvalue weighted by atomic mass is 32.1. The average molecular weight is 288 g/mol. The van der Waals surface area contributed by atoms with E-state index >= 15 is 0 Å². The van der Waals surface area contributed by atoms with Crippen LogP contribution in [0.2, 0.25) is 0 Å². The number of thiazole rings is 1. The number of hydrogen-bond donors (Lipinski definition) is 1. The van der Waals surface area contributed by atoms with Crippen molar-refractivity contribution in [3.63, 3.8) is 0 Å². The zero-order valence-electron chi connectivity index (χ0n) is 11.0. The maximum atomic E-state index is 11.8. The van der Waals surface area contributed by atoms with Crippen LogP contribution >= 0.6 is 11.3 Å². The van der Waals surface area contributed by atoms with Gasteiger partial charge in [0.15, 0.2) is 0 Å². The second kappa shape index (κ2) is 6.05. The number of aromatic nitrogens is 1. The molecule has 1 N–H and O–H groups in total. The molecule has 1 aromatic carbocycles. The molecule has 0 radical (unpaired) electrons. The summed E-state index contributed by atoms with van der Waals surface area (Å²) in [6.45, 7) is 0. The second-order valence-corrected chi connectivity index (χ2v) is 5.60. The lowest BCUT2D eigenvalue weighted by Crippen LogP contribution is -2.12. The minimum absolute atomic E-state index is 0.185. The molecule has 0 unspecified atom stereocenters. The monoisotopic (exact) mass is 288 g/mol. The first-order valence-corrected chi connectivity index (χ1v) is 7.72. The zero-order chi connectivity index (χ0) is 13.8. The molecule has 0 saturated heterocycles. The lowest BCUT2D eigenvalue weighted by Gasteiger charge is -2.13. The van der Waals surface area contributed by atoms with Gasteiger partial charge >= 0.3 is 0 Å². The minimum Gasteiger partial charge on any atom is -0.490 e. The van der Waals surface area contributed by atoms with Gasteiger partial charge < -0.3 is 10.1 Å². The Kier molecular flexibility index (Phi) is 3.97. The van der Waals surface area contributed by atoms with Gasteiger partial charge in [0.2, 0.25) is 0 Å². The van der Waals surface area contributed by atoms with E-state index in [4.69, 9.17) is 4.74 Å².